The zero-order valence-corrected chi connectivity index (χ0v) is 10.8. The van der Waals surface area contributed by atoms with Crippen molar-refractivity contribution in [1.29, 1.82) is 0 Å². The number of urea groups is 1. The van der Waals surface area contributed by atoms with Crippen molar-refractivity contribution in [3.63, 3.8) is 0 Å². The minimum atomic E-state index is -0.389. The van der Waals surface area contributed by atoms with Gasteiger partial charge in [-0.3, -0.25) is 0 Å². The van der Waals surface area contributed by atoms with E-state index in [-0.39, 0.29) is 11.8 Å². The molecular weight excluding hydrogens is 220 g/mol. The largest absolute Gasteiger partial charge is 0.347 e. The molecule has 2 aliphatic heterocycles. The van der Waals surface area contributed by atoms with Gasteiger partial charge in [-0.05, 0) is 13.8 Å². The van der Waals surface area contributed by atoms with E-state index in [2.05, 4.69) is 0 Å². The quantitative estimate of drug-likeness (QED) is 0.732. The molecule has 0 saturated carbocycles. The van der Waals surface area contributed by atoms with Gasteiger partial charge in [-0.1, -0.05) is 0 Å². The molecule has 2 heterocycles. The van der Waals surface area contributed by atoms with Crippen LogP contribution < -0.4 is 0 Å². The van der Waals surface area contributed by atoms with Crippen LogP contribution in [0.1, 0.15) is 26.7 Å². The van der Waals surface area contributed by atoms with E-state index in [1.807, 2.05) is 23.6 Å². The molecule has 0 radical (unpaired) electrons. The zero-order chi connectivity index (χ0) is 12.3. The molecule has 0 aliphatic carbocycles. The summed E-state index contributed by atoms with van der Waals surface area (Å²) >= 11 is 0. The van der Waals surface area contributed by atoms with E-state index in [1.165, 1.54) is 0 Å². The molecule has 98 valence electrons. The summed E-state index contributed by atoms with van der Waals surface area (Å²) in [6.45, 7) is 8.39. The van der Waals surface area contributed by atoms with E-state index in [1.54, 1.807) is 0 Å². The molecule has 5 heteroatoms. The molecule has 0 aromatic heterocycles. The highest BCUT2D eigenvalue weighted by molar-refractivity contribution is 5.74. The topological polar surface area (TPSA) is 42.0 Å². The average Bonchev–Trinajstić information content (AvgIpc) is 2.80. The molecule has 2 amide bonds. The Kier molecular flexibility index (Phi) is 3.89. The Morgan fingerprint density at radius 3 is 2.18 bits per heavy atom. The summed E-state index contributed by atoms with van der Waals surface area (Å²) in [4.78, 5) is 15.9. The maximum atomic E-state index is 12.1. The van der Waals surface area contributed by atoms with Crippen molar-refractivity contribution in [2.45, 2.75) is 32.5 Å². The van der Waals surface area contributed by atoms with E-state index in [0.717, 1.165) is 39.0 Å². The number of carbonyl (C=O) groups excluding carboxylic acids is 1. The van der Waals surface area contributed by atoms with Gasteiger partial charge in [0.15, 0.2) is 5.79 Å². The predicted molar refractivity (Wildman–Crippen MR) is 63.8 cm³/mol. The average molecular weight is 242 g/mol. The highest BCUT2D eigenvalue weighted by Gasteiger charge is 2.41. The number of likely N-dealkylation sites (tertiary alicyclic amines) is 1. The third-order valence-corrected chi connectivity index (χ3v) is 3.64. The van der Waals surface area contributed by atoms with Crippen molar-refractivity contribution in [3.8, 4) is 0 Å². The van der Waals surface area contributed by atoms with Crippen LogP contribution in [0.15, 0.2) is 0 Å². The van der Waals surface area contributed by atoms with Gasteiger partial charge in [-0.2, -0.15) is 0 Å². The molecular formula is C12H22N2O3. The summed E-state index contributed by atoms with van der Waals surface area (Å²) in [5.41, 5.74) is 0. The maximum Gasteiger partial charge on any atom is 0.319 e. The molecule has 0 unspecified atom stereocenters. The van der Waals surface area contributed by atoms with Crippen LogP contribution in [0.2, 0.25) is 0 Å². The van der Waals surface area contributed by atoms with Crippen molar-refractivity contribution in [2.75, 3.05) is 39.4 Å². The van der Waals surface area contributed by atoms with E-state index in [0.29, 0.717) is 13.2 Å². The van der Waals surface area contributed by atoms with Crippen LogP contribution in [-0.2, 0) is 9.47 Å². The van der Waals surface area contributed by atoms with Gasteiger partial charge < -0.3 is 19.3 Å². The Hall–Kier alpha value is -0.810. The van der Waals surface area contributed by atoms with Crippen LogP contribution in [-0.4, -0.2) is 61.0 Å². The zero-order valence-electron chi connectivity index (χ0n) is 10.8. The van der Waals surface area contributed by atoms with Crippen LogP contribution in [0.5, 0.6) is 0 Å². The predicted octanol–water partition coefficient (Wildman–Crippen LogP) is 1.29. The molecule has 0 bridgehead atoms. The standard InChI is InChI=1S/C12H22N2O3/c1-3-13(4-2)11(15)14-7-5-12(6-8-14)16-9-10-17-12/h3-10H2,1-2H3. The van der Waals surface area contributed by atoms with Gasteiger partial charge in [0, 0.05) is 39.0 Å². The number of carbonyl (C=O) groups is 1. The van der Waals surface area contributed by atoms with Crippen molar-refractivity contribution < 1.29 is 14.3 Å². The molecule has 0 aromatic rings. The Balaban J connectivity index is 1.88. The van der Waals surface area contributed by atoms with Gasteiger partial charge >= 0.3 is 6.03 Å². The molecule has 17 heavy (non-hydrogen) atoms. The normalized spacial score (nSPS) is 23.1. The summed E-state index contributed by atoms with van der Waals surface area (Å²) in [6.07, 6.45) is 1.58. The van der Waals surface area contributed by atoms with Crippen molar-refractivity contribution in [3.05, 3.63) is 0 Å². The Morgan fingerprint density at radius 1 is 1.18 bits per heavy atom. The summed E-state index contributed by atoms with van der Waals surface area (Å²) < 4.78 is 11.3. The number of rotatable bonds is 2. The molecule has 2 fully saturated rings. The van der Waals surface area contributed by atoms with Gasteiger partial charge in [0.25, 0.3) is 0 Å². The van der Waals surface area contributed by atoms with Crippen LogP contribution in [0.4, 0.5) is 4.79 Å². The third-order valence-electron chi connectivity index (χ3n) is 3.64. The van der Waals surface area contributed by atoms with Crippen LogP contribution in [0.3, 0.4) is 0 Å². The molecule has 0 N–H and O–H groups in total. The Labute approximate surface area is 103 Å². The van der Waals surface area contributed by atoms with Crippen molar-refractivity contribution in [1.82, 2.24) is 9.80 Å². The van der Waals surface area contributed by atoms with Gasteiger partial charge in [0.1, 0.15) is 0 Å². The van der Waals surface area contributed by atoms with Gasteiger partial charge in [-0.15, -0.1) is 0 Å². The number of amides is 2. The fourth-order valence-corrected chi connectivity index (χ4v) is 2.52. The first kappa shape index (κ1) is 12.6. The first-order valence-electron chi connectivity index (χ1n) is 6.52. The molecule has 0 aromatic carbocycles. The van der Waals surface area contributed by atoms with Gasteiger partial charge in [0.05, 0.1) is 13.2 Å². The lowest BCUT2D eigenvalue weighted by Gasteiger charge is -2.39. The number of hydrogen-bond acceptors (Lipinski definition) is 3. The van der Waals surface area contributed by atoms with E-state index in [9.17, 15) is 4.79 Å². The summed E-state index contributed by atoms with van der Waals surface area (Å²) in [7, 11) is 0. The smallest absolute Gasteiger partial charge is 0.319 e. The van der Waals surface area contributed by atoms with Gasteiger partial charge in [-0.25, -0.2) is 4.79 Å². The molecule has 1 spiro atoms. The lowest BCUT2D eigenvalue weighted by Crippen LogP contribution is -2.51. The van der Waals surface area contributed by atoms with Crippen LogP contribution in [0, 0.1) is 0 Å². The highest BCUT2D eigenvalue weighted by Crippen LogP contribution is 2.31. The van der Waals surface area contributed by atoms with E-state index in [4.69, 9.17) is 9.47 Å². The van der Waals surface area contributed by atoms with Gasteiger partial charge in [0.2, 0.25) is 0 Å². The second kappa shape index (κ2) is 5.23. The highest BCUT2D eigenvalue weighted by atomic mass is 16.7. The maximum absolute atomic E-state index is 12.1. The lowest BCUT2D eigenvalue weighted by atomic mass is 10.0. The van der Waals surface area contributed by atoms with E-state index >= 15 is 0 Å². The first-order valence-corrected chi connectivity index (χ1v) is 6.52. The van der Waals surface area contributed by atoms with Crippen LogP contribution >= 0.6 is 0 Å². The summed E-state index contributed by atoms with van der Waals surface area (Å²) in [5.74, 6) is -0.389. The van der Waals surface area contributed by atoms with Crippen molar-refractivity contribution >= 4 is 6.03 Å². The number of nitrogens with zero attached hydrogens (tertiary/aromatic N) is 2. The lowest BCUT2D eigenvalue weighted by molar-refractivity contribution is -0.181. The minimum absolute atomic E-state index is 0.142. The number of piperidine rings is 1. The Morgan fingerprint density at radius 2 is 1.71 bits per heavy atom. The third kappa shape index (κ3) is 2.55. The minimum Gasteiger partial charge on any atom is -0.347 e. The fourth-order valence-electron chi connectivity index (χ4n) is 2.52. The second-order valence-corrected chi connectivity index (χ2v) is 4.55. The van der Waals surface area contributed by atoms with Crippen molar-refractivity contribution in [2.24, 2.45) is 0 Å². The summed E-state index contributed by atoms with van der Waals surface area (Å²) in [5, 5.41) is 0. The second-order valence-electron chi connectivity index (χ2n) is 4.55. The molecule has 2 rings (SSSR count). The van der Waals surface area contributed by atoms with E-state index < -0.39 is 0 Å². The fraction of sp³-hybridized carbons (Fsp3) is 0.917. The molecule has 5 nitrogen and oxygen atoms in total. The Bertz CT molecular complexity index is 263. The molecule has 0 atom stereocenters. The number of hydrogen-bond donors (Lipinski definition) is 0. The molecule has 2 saturated heterocycles. The molecule has 2 aliphatic rings. The SMILES string of the molecule is CCN(CC)C(=O)N1CCC2(CC1)OCCO2. The first-order chi connectivity index (χ1) is 8.21. The number of ether oxygens (including phenoxy) is 2. The van der Waals surface area contributed by atoms with Crippen LogP contribution in [0.25, 0.3) is 0 Å². The summed E-state index contributed by atoms with van der Waals surface area (Å²) in [6, 6.07) is 0.142. The monoisotopic (exact) mass is 242 g/mol.